The molecule has 0 bridgehead atoms. The fraction of sp³-hybridized carbons (Fsp3) is 0.949. The standard InChI is InChI=1S/C79H154O17P2/c1-7-10-12-14-16-17-18-19-20-21-25-28-31-34-37-44-50-56-62-77(82)90-68-75(95-78(83)63-57-51-45-38-35-32-29-26-23-22-24-27-30-33-36-42-47-53-59-71(4)5)70-94-98(87,88)92-66-73(80)65-91-97(85,86)93-69-74(67-89-76(81)61-55-49-41-15-13-11-8-2)96-79(84)64-58-52-46-40-39-43-48-54-60-72(6)9-3/h71-75,80H,7-70H2,1-6H3,(H,85,86)(H,87,88)/t72?,73-,74+,75+/m0/s1. The monoisotopic (exact) mass is 1440 g/mol. The summed E-state index contributed by atoms with van der Waals surface area (Å²) in [5, 5.41) is 10.6. The van der Waals surface area contributed by atoms with Crippen LogP contribution in [0.5, 0.6) is 0 Å². The van der Waals surface area contributed by atoms with Gasteiger partial charge >= 0.3 is 39.5 Å². The smallest absolute Gasteiger partial charge is 0.462 e. The number of unbranched alkanes of at least 4 members (excludes halogenated alkanes) is 47. The van der Waals surface area contributed by atoms with Gasteiger partial charge in [-0.05, 0) is 37.5 Å². The van der Waals surface area contributed by atoms with Crippen LogP contribution < -0.4 is 0 Å². The molecule has 0 aromatic carbocycles. The van der Waals surface area contributed by atoms with Crippen LogP contribution in [0.15, 0.2) is 0 Å². The Hall–Kier alpha value is -1.94. The Morgan fingerprint density at radius 3 is 0.776 bits per heavy atom. The zero-order valence-electron chi connectivity index (χ0n) is 64.1. The SMILES string of the molecule is CCCCCCCCCCCCCCCCCCCCC(=O)OC[C@H](COP(=O)(O)OC[C@@H](O)COP(=O)(O)OC[C@@H](COC(=O)CCCCCCCCC)OC(=O)CCCCCCCCCCC(C)CC)OC(=O)CCCCCCCCCCCCCCCCCCCCC(C)C. The molecule has 0 aromatic heterocycles. The third-order valence-electron chi connectivity index (χ3n) is 18.8. The van der Waals surface area contributed by atoms with Gasteiger partial charge in [0, 0.05) is 25.7 Å². The van der Waals surface area contributed by atoms with Gasteiger partial charge in [-0.1, -0.05) is 363 Å². The molecule has 582 valence electrons. The van der Waals surface area contributed by atoms with E-state index in [1.807, 2.05) is 0 Å². The van der Waals surface area contributed by atoms with E-state index in [1.54, 1.807) is 0 Å². The van der Waals surface area contributed by atoms with Gasteiger partial charge in [0.2, 0.25) is 0 Å². The second kappa shape index (κ2) is 70.7. The molecule has 3 N–H and O–H groups in total. The molecule has 0 aromatic rings. The molecule has 0 heterocycles. The van der Waals surface area contributed by atoms with Crippen LogP contribution in [-0.4, -0.2) is 96.7 Å². The minimum Gasteiger partial charge on any atom is -0.462 e. The lowest BCUT2D eigenvalue weighted by molar-refractivity contribution is -0.161. The molecule has 17 nitrogen and oxygen atoms in total. The highest BCUT2D eigenvalue weighted by Crippen LogP contribution is 2.45. The number of rotatable bonds is 78. The van der Waals surface area contributed by atoms with Gasteiger partial charge < -0.3 is 33.8 Å². The summed E-state index contributed by atoms with van der Waals surface area (Å²) < 4.78 is 68.5. The number of aliphatic hydroxyl groups is 1. The predicted molar refractivity (Wildman–Crippen MR) is 400 cm³/mol. The molecule has 0 radical (unpaired) electrons. The van der Waals surface area contributed by atoms with E-state index in [0.29, 0.717) is 25.7 Å². The number of ether oxygens (including phenoxy) is 4. The van der Waals surface area contributed by atoms with Crippen LogP contribution in [0.3, 0.4) is 0 Å². The summed E-state index contributed by atoms with van der Waals surface area (Å²) in [5.41, 5.74) is 0. The number of carbonyl (C=O) groups excluding carboxylic acids is 4. The maximum absolute atomic E-state index is 13.1. The molecule has 0 saturated carbocycles. The molecule has 0 amide bonds. The van der Waals surface area contributed by atoms with Crippen molar-refractivity contribution in [2.24, 2.45) is 11.8 Å². The highest BCUT2D eigenvalue weighted by atomic mass is 31.2. The van der Waals surface area contributed by atoms with Crippen LogP contribution in [0.25, 0.3) is 0 Å². The number of phosphoric acid groups is 2. The number of phosphoric ester groups is 2. The fourth-order valence-electron chi connectivity index (χ4n) is 12.2. The van der Waals surface area contributed by atoms with Crippen LogP contribution in [-0.2, 0) is 65.4 Å². The Morgan fingerprint density at radius 1 is 0.296 bits per heavy atom. The van der Waals surface area contributed by atoms with E-state index in [0.717, 1.165) is 115 Å². The van der Waals surface area contributed by atoms with Gasteiger partial charge in [0.25, 0.3) is 0 Å². The van der Waals surface area contributed by atoms with E-state index in [4.69, 9.17) is 37.0 Å². The highest BCUT2D eigenvalue weighted by Gasteiger charge is 2.30. The van der Waals surface area contributed by atoms with E-state index in [1.165, 1.54) is 218 Å². The molecule has 0 aliphatic carbocycles. The molecule has 0 spiro atoms. The minimum absolute atomic E-state index is 0.105. The molecular weight excluding hydrogens is 1280 g/mol. The van der Waals surface area contributed by atoms with Crippen molar-refractivity contribution >= 4 is 39.5 Å². The number of esters is 4. The van der Waals surface area contributed by atoms with Crippen molar-refractivity contribution in [3.63, 3.8) is 0 Å². The number of hydrogen-bond donors (Lipinski definition) is 3. The lowest BCUT2D eigenvalue weighted by Crippen LogP contribution is -2.30. The maximum atomic E-state index is 13.1. The van der Waals surface area contributed by atoms with E-state index in [2.05, 4.69) is 41.5 Å². The molecule has 6 atom stereocenters. The number of aliphatic hydroxyl groups excluding tert-OH is 1. The molecule has 98 heavy (non-hydrogen) atoms. The van der Waals surface area contributed by atoms with E-state index < -0.39 is 97.5 Å². The summed E-state index contributed by atoms with van der Waals surface area (Å²) in [6.07, 6.45) is 59.9. The van der Waals surface area contributed by atoms with Crippen LogP contribution >= 0.6 is 15.6 Å². The zero-order chi connectivity index (χ0) is 72.1. The fourth-order valence-corrected chi connectivity index (χ4v) is 13.7. The molecule has 3 unspecified atom stereocenters. The molecule has 0 saturated heterocycles. The molecule has 0 aliphatic rings. The van der Waals surface area contributed by atoms with Crippen LogP contribution in [0, 0.1) is 11.8 Å². The van der Waals surface area contributed by atoms with Gasteiger partial charge in [-0.3, -0.25) is 37.3 Å². The van der Waals surface area contributed by atoms with Crippen molar-refractivity contribution in [2.75, 3.05) is 39.6 Å². The Bertz CT molecular complexity index is 1890. The second-order valence-corrected chi connectivity index (χ2v) is 32.1. The van der Waals surface area contributed by atoms with Crippen LogP contribution in [0.4, 0.5) is 0 Å². The Kier molecular flexibility index (Phi) is 69.3. The zero-order valence-corrected chi connectivity index (χ0v) is 65.9. The quantitative estimate of drug-likeness (QED) is 0.0222. The number of carbonyl (C=O) groups is 4. The normalized spacial score (nSPS) is 14.2. The first-order chi connectivity index (χ1) is 47.4. The van der Waals surface area contributed by atoms with Gasteiger partial charge in [0.05, 0.1) is 26.4 Å². The van der Waals surface area contributed by atoms with E-state index >= 15 is 0 Å². The lowest BCUT2D eigenvalue weighted by Gasteiger charge is -2.21. The topological polar surface area (TPSA) is 237 Å². The summed E-state index contributed by atoms with van der Waals surface area (Å²) in [5.74, 6) is -0.528. The molecule has 19 heteroatoms. The second-order valence-electron chi connectivity index (χ2n) is 29.2. The van der Waals surface area contributed by atoms with Crippen molar-refractivity contribution in [2.45, 2.75) is 432 Å². The largest absolute Gasteiger partial charge is 0.472 e. The Balaban J connectivity index is 5.17. The van der Waals surface area contributed by atoms with Gasteiger partial charge in [-0.2, -0.15) is 0 Å². The maximum Gasteiger partial charge on any atom is 0.472 e. The summed E-state index contributed by atoms with van der Waals surface area (Å²) in [6, 6.07) is 0. The molecule has 0 rings (SSSR count). The lowest BCUT2D eigenvalue weighted by atomic mass is 9.99. The third-order valence-corrected chi connectivity index (χ3v) is 20.7. The number of hydrogen-bond acceptors (Lipinski definition) is 15. The van der Waals surface area contributed by atoms with Crippen molar-refractivity contribution in [3.8, 4) is 0 Å². The highest BCUT2D eigenvalue weighted by molar-refractivity contribution is 7.47. The van der Waals surface area contributed by atoms with Gasteiger partial charge in [-0.25, -0.2) is 9.13 Å². The first kappa shape index (κ1) is 96.1. The average molecular weight is 1440 g/mol. The van der Waals surface area contributed by atoms with Crippen LogP contribution in [0.1, 0.15) is 414 Å². The van der Waals surface area contributed by atoms with E-state index in [9.17, 15) is 43.2 Å². The van der Waals surface area contributed by atoms with Gasteiger partial charge in [0.15, 0.2) is 12.2 Å². The van der Waals surface area contributed by atoms with Crippen molar-refractivity contribution < 1.29 is 80.2 Å². The summed E-state index contributed by atoms with van der Waals surface area (Å²) in [7, 11) is -9.91. The third kappa shape index (κ3) is 71.1. The van der Waals surface area contributed by atoms with Gasteiger partial charge in [-0.15, -0.1) is 0 Å². The first-order valence-electron chi connectivity index (χ1n) is 41.0. The van der Waals surface area contributed by atoms with E-state index in [-0.39, 0.29) is 25.7 Å². The Labute approximate surface area is 600 Å². The van der Waals surface area contributed by atoms with Crippen molar-refractivity contribution in [1.82, 2.24) is 0 Å². The van der Waals surface area contributed by atoms with Crippen LogP contribution in [0.2, 0.25) is 0 Å². The Morgan fingerprint density at radius 2 is 0.520 bits per heavy atom. The van der Waals surface area contributed by atoms with Crippen molar-refractivity contribution in [1.29, 1.82) is 0 Å². The minimum atomic E-state index is -4.96. The average Bonchev–Trinajstić information content (AvgIpc) is 1.03. The summed E-state index contributed by atoms with van der Waals surface area (Å²) in [6.45, 7) is 9.60. The molecule has 0 aliphatic heterocycles. The first-order valence-corrected chi connectivity index (χ1v) is 44.0. The van der Waals surface area contributed by atoms with Gasteiger partial charge in [0.1, 0.15) is 19.3 Å². The van der Waals surface area contributed by atoms with Crippen molar-refractivity contribution in [3.05, 3.63) is 0 Å². The summed E-state index contributed by atoms with van der Waals surface area (Å²) >= 11 is 0. The molecule has 0 fully saturated rings. The molecular formula is C79H154O17P2. The predicted octanol–water partition coefficient (Wildman–Crippen LogP) is 23.5. The summed E-state index contributed by atoms with van der Waals surface area (Å²) in [4.78, 5) is 72.8.